The molecule has 1 saturated heterocycles. The molecule has 8 heteroatoms. The van der Waals surface area contributed by atoms with E-state index in [4.69, 9.17) is 11.6 Å². The third-order valence-electron chi connectivity index (χ3n) is 4.80. The Kier molecular flexibility index (Phi) is 5.99. The average molecular weight is 444 g/mol. The molecular formula is C18H21BrClFN4O. The number of aromatic nitrogens is 2. The van der Waals surface area contributed by atoms with Crippen molar-refractivity contribution in [1.29, 1.82) is 0 Å². The Morgan fingerprint density at radius 1 is 1.35 bits per heavy atom. The minimum atomic E-state index is -0.334. The van der Waals surface area contributed by atoms with Gasteiger partial charge in [-0.05, 0) is 47.5 Å². The van der Waals surface area contributed by atoms with E-state index in [0.717, 1.165) is 28.8 Å². The van der Waals surface area contributed by atoms with Crippen molar-refractivity contribution in [3.8, 4) is 0 Å². The smallest absolute Gasteiger partial charge is 0.247 e. The fraction of sp³-hybridized carbons (Fsp3) is 0.444. The van der Waals surface area contributed by atoms with Crippen LogP contribution in [0.5, 0.6) is 0 Å². The van der Waals surface area contributed by atoms with Gasteiger partial charge in [-0.1, -0.05) is 17.7 Å². The van der Waals surface area contributed by atoms with Crippen LogP contribution in [0.3, 0.4) is 0 Å². The summed E-state index contributed by atoms with van der Waals surface area (Å²) in [6.45, 7) is 7.29. The molecule has 1 amide bonds. The lowest BCUT2D eigenvalue weighted by Crippen LogP contribution is -2.50. The molecule has 2 heterocycles. The second-order valence-electron chi connectivity index (χ2n) is 6.54. The lowest BCUT2D eigenvalue weighted by Gasteiger charge is -2.36. The Bertz CT molecular complexity index is 804. The van der Waals surface area contributed by atoms with Crippen molar-refractivity contribution < 1.29 is 9.18 Å². The van der Waals surface area contributed by atoms with Crippen LogP contribution in [0.1, 0.15) is 24.2 Å². The Morgan fingerprint density at radius 3 is 2.62 bits per heavy atom. The van der Waals surface area contributed by atoms with E-state index in [-0.39, 0.29) is 17.8 Å². The monoisotopic (exact) mass is 442 g/mol. The molecule has 1 aromatic carbocycles. The zero-order chi connectivity index (χ0) is 18.8. The van der Waals surface area contributed by atoms with Crippen LogP contribution in [0.15, 0.2) is 28.9 Å². The summed E-state index contributed by atoms with van der Waals surface area (Å²) >= 11 is 9.54. The van der Waals surface area contributed by atoms with Crippen molar-refractivity contribution in [2.75, 3.05) is 26.2 Å². The topological polar surface area (TPSA) is 41.4 Å². The van der Waals surface area contributed by atoms with E-state index in [1.807, 2.05) is 18.7 Å². The lowest BCUT2D eigenvalue weighted by atomic mass is 10.2. The molecule has 0 saturated carbocycles. The summed E-state index contributed by atoms with van der Waals surface area (Å²) in [7, 11) is 0. The van der Waals surface area contributed by atoms with Gasteiger partial charge in [0.1, 0.15) is 11.9 Å². The predicted molar refractivity (Wildman–Crippen MR) is 103 cm³/mol. The summed E-state index contributed by atoms with van der Waals surface area (Å²) in [4.78, 5) is 16.9. The maximum absolute atomic E-state index is 13.2. The summed E-state index contributed by atoms with van der Waals surface area (Å²) in [5.41, 5.74) is 1.84. The molecule has 0 spiro atoms. The summed E-state index contributed by atoms with van der Waals surface area (Å²) in [6.07, 6.45) is 1.71. The third-order valence-corrected chi connectivity index (χ3v) is 5.93. The number of carbonyl (C=O) groups excluding carboxylic acids is 1. The fourth-order valence-corrected chi connectivity index (χ4v) is 3.68. The molecule has 140 valence electrons. The first-order valence-corrected chi connectivity index (χ1v) is 9.68. The fourth-order valence-electron chi connectivity index (χ4n) is 3.18. The quantitative estimate of drug-likeness (QED) is 0.724. The molecule has 1 unspecified atom stereocenters. The van der Waals surface area contributed by atoms with Crippen LogP contribution in [-0.2, 0) is 11.3 Å². The van der Waals surface area contributed by atoms with E-state index < -0.39 is 0 Å². The van der Waals surface area contributed by atoms with Gasteiger partial charge in [-0.15, -0.1) is 0 Å². The van der Waals surface area contributed by atoms with Crippen LogP contribution in [0.2, 0.25) is 5.02 Å². The number of hydrogen-bond donors (Lipinski definition) is 0. The van der Waals surface area contributed by atoms with Crippen LogP contribution in [0, 0.1) is 12.7 Å². The Labute approximate surface area is 165 Å². The van der Waals surface area contributed by atoms with Gasteiger partial charge in [0, 0.05) is 37.7 Å². The number of carbonyl (C=O) groups is 1. The first kappa shape index (κ1) is 19.3. The summed E-state index contributed by atoms with van der Waals surface area (Å²) in [6, 6.07) is 4.14. The van der Waals surface area contributed by atoms with Gasteiger partial charge in [-0.2, -0.15) is 5.10 Å². The molecule has 3 rings (SSSR count). The van der Waals surface area contributed by atoms with Crippen LogP contribution in [0.4, 0.5) is 4.39 Å². The average Bonchev–Trinajstić information content (AvgIpc) is 2.96. The molecule has 0 radical (unpaired) electrons. The van der Waals surface area contributed by atoms with E-state index in [0.29, 0.717) is 24.7 Å². The highest BCUT2D eigenvalue weighted by atomic mass is 79.9. The molecule has 2 aromatic rings. The van der Waals surface area contributed by atoms with Crippen molar-refractivity contribution in [2.24, 2.45) is 0 Å². The second-order valence-corrected chi connectivity index (χ2v) is 7.80. The van der Waals surface area contributed by atoms with Gasteiger partial charge in [0.15, 0.2) is 0 Å². The van der Waals surface area contributed by atoms with Crippen LogP contribution in [-0.4, -0.2) is 51.7 Å². The molecular weight excluding hydrogens is 423 g/mol. The van der Waals surface area contributed by atoms with Crippen molar-refractivity contribution in [3.63, 3.8) is 0 Å². The third kappa shape index (κ3) is 4.10. The van der Waals surface area contributed by atoms with E-state index in [1.54, 1.807) is 16.9 Å². The number of nitrogens with zero attached hydrogens (tertiary/aromatic N) is 4. The Morgan fingerprint density at radius 2 is 2.04 bits per heavy atom. The Hall–Kier alpha value is -1.44. The molecule has 1 fully saturated rings. The van der Waals surface area contributed by atoms with Gasteiger partial charge < -0.3 is 4.90 Å². The van der Waals surface area contributed by atoms with Gasteiger partial charge in [-0.25, -0.2) is 4.39 Å². The van der Waals surface area contributed by atoms with Gasteiger partial charge in [0.25, 0.3) is 0 Å². The number of rotatable bonds is 4. The van der Waals surface area contributed by atoms with E-state index in [2.05, 4.69) is 25.9 Å². The minimum Gasteiger partial charge on any atom is -0.338 e. The number of amides is 1. The molecule has 1 aliphatic rings. The van der Waals surface area contributed by atoms with Crippen molar-refractivity contribution in [3.05, 3.63) is 51.0 Å². The van der Waals surface area contributed by atoms with Crippen molar-refractivity contribution in [1.82, 2.24) is 19.6 Å². The summed E-state index contributed by atoms with van der Waals surface area (Å²) < 4.78 is 15.8. The lowest BCUT2D eigenvalue weighted by molar-refractivity contribution is -0.136. The number of hydrogen-bond acceptors (Lipinski definition) is 3. The van der Waals surface area contributed by atoms with E-state index >= 15 is 0 Å². The van der Waals surface area contributed by atoms with Gasteiger partial charge in [-0.3, -0.25) is 14.4 Å². The molecule has 0 bridgehead atoms. The highest BCUT2D eigenvalue weighted by molar-refractivity contribution is 9.10. The van der Waals surface area contributed by atoms with E-state index in [9.17, 15) is 9.18 Å². The highest BCUT2D eigenvalue weighted by Gasteiger charge is 2.27. The second kappa shape index (κ2) is 8.06. The van der Waals surface area contributed by atoms with Crippen LogP contribution in [0.25, 0.3) is 0 Å². The summed E-state index contributed by atoms with van der Waals surface area (Å²) in [5.74, 6) is -0.258. The number of halogens is 3. The number of benzene rings is 1. The minimum absolute atomic E-state index is 0.0724. The highest BCUT2D eigenvalue weighted by Crippen LogP contribution is 2.22. The number of piperazine rings is 1. The maximum atomic E-state index is 13.2. The molecule has 26 heavy (non-hydrogen) atoms. The van der Waals surface area contributed by atoms with Gasteiger partial charge >= 0.3 is 0 Å². The van der Waals surface area contributed by atoms with Crippen molar-refractivity contribution in [2.45, 2.75) is 26.4 Å². The standard InChI is InChI=1S/C18H21BrClFN4O/c1-12-16(19)10-22-25(12)13(2)18(26)24-7-5-23(6-8-24)11-14-3-4-15(21)9-17(14)20/h3-4,9-10,13H,5-8,11H2,1-2H3. The Balaban J connectivity index is 1.57. The molecule has 1 atom stereocenters. The molecule has 0 aliphatic carbocycles. The largest absolute Gasteiger partial charge is 0.338 e. The van der Waals surface area contributed by atoms with Crippen LogP contribution < -0.4 is 0 Å². The SMILES string of the molecule is Cc1c(Br)cnn1C(C)C(=O)N1CCN(Cc2ccc(F)cc2Cl)CC1. The first-order valence-electron chi connectivity index (χ1n) is 8.51. The van der Waals surface area contributed by atoms with Gasteiger partial charge in [0.05, 0.1) is 16.4 Å². The van der Waals surface area contributed by atoms with Crippen molar-refractivity contribution >= 4 is 33.4 Å². The molecule has 1 aromatic heterocycles. The summed E-state index contributed by atoms with van der Waals surface area (Å²) in [5, 5.41) is 4.73. The van der Waals surface area contributed by atoms with E-state index in [1.165, 1.54) is 12.1 Å². The molecule has 0 N–H and O–H groups in total. The molecule has 1 aliphatic heterocycles. The van der Waals surface area contributed by atoms with Crippen LogP contribution >= 0.6 is 27.5 Å². The maximum Gasteiger partial charge on any atom is 0.247 e. The zero-order valence-corrected chi connectivity index (χ0v) is 17.1. The zero-order valence-electron chi connectivity index (χ0n) is 14.8. The van der Waals surface area contributed by atoms with Gasteiger partial charge in [0.2, 0.25) is 5.91 Å². The first-order chi connectivity index (χ1) is 12.4. The molecule has 5 nitrogen and oxygen atoms in total. The normalized spacial score (nSPS) is 16.7. The predicted octanol–water partition coefficient (Wildman–Crippen LogP) is 3.65.